The van der Waals surface area contributed by atoms with Crippen LogP contribution in [0.2, 0.25) is 0 Å². The van der Waals surface area contributed by atoms with Gasteiger partial charge in [-0.15, -0.1) is 0 Å². The molecule has 1 N–H and O–H groups in total. The number of ether oxygens (including phenoxy) is 2. The molecule has 184 valence electrons. The Morgan fingerprint density at radius 1 is 0.861 bits per heavy atom. The van der Waals surface area contributed by atoms with Crippen molar-refractivity contribution in [2.45, 2.75) is 19.4 Å². The number of para-hydroxylation sites is 1. The van der Waals surface area contributed by atoms with Gasteiger partial charge in [0, 0.05) is 31.8 Å². The Labute approximate surface area is 211 Å². The third-order valence-electron chi connectivity index (χ3n) is 5.91. The van der Waals surface area contributed by atoms with Gasteiger partial charge in [0.15, 0.2) is 6.61 Å². The number of nitrogens with one attached hydrogen (secondary N) is 1. The number of carbonyl (C=O) groups is 2. The number of nitrogens with zero attached hydrogens (tertiary/aromatic N) is 1. The molecule has 1 atom stereocenters. The van der Waals surface area contributed by atoms with E-state index in [1.165, 1.54) is 0 Å². The molecule has 0 aliphatic carbocycles. The maximum atomic E-state index is 12.8. The molecule has 0 saturated carbocycles. The van der Waals surface area contributed by atoms with Gasteiger partial charge < -0.3 is 19.7 Å². The first-order valence-corrected chi connectivity index (χ1v) is 11.9. The molecule has 0 aliphatic heterocycles. The molecule has 4 aromatic carbocycles. The van der Waals surface area contributed by atoms with Crippen LogP contribution in [0.3, 0.4) is 0 Å². The first kappa shape index (κ1) is 24.8. The molecule has 0 fully saturated rings. The van der Waals surface area contributed by atoms with Crippen LogP contribution in [0.15, 0.2) is 91.0 Å². The SMILES string of the molecule is CCC(=O)NC(c1ccc(N(C)C)cc1)c1c(OC(=O)COc2ccccc2)ccc2ccccc12. The van der Waals surface area contributed by atoms with Crippen LogP contribution in [0.4, 0.5) is 5.69 Å². The molecule has 4 aromatic rings. The van der Waals surface area contributed by atoms with Crippen LogP contribution in [0.1, 0.15) is 30.5 Å². The number of hydrogen-bond donors (Lipinski definition) is 1. The lowest BCUT2D eigenvalue weighted by molar-refractivity contribution is -0.136. The van der Waals surface area contributed by atoms with E-state index in [9.17, 15) is 9.59 Å². The highest BCUT2D eigenvalue weighted by Gasteiger charge is 2.24. The first-order valence-electron chi connectivity index (χ1n) is 11.9. The maximum Gasteiger partial charge on any atom is 0.349 e. The minimum absolute atomic E-state index is 0.102. The molecule has 1 amide bonds. The quantitative estimate of drug-likeness (QED) is 0.252. The zero-order chi connectivity index (χ0) is 25.5. The Hall–Kier alpha value is -4.32. The predicted molar refractivity (Wildman–Crippen MR) is 143 cm³/mol. The highest BCUT2D eigenvalue weighted by atomic mass is 16.6. The highest BCUT2D eigenvalue weighted by molar-refractivity contribution is 5.90. The maximum absolute atomic E-state index is 12.8. The summed E-state index contributed by atoms with van der Waals surface area (Å²) in [6.45, 7) is 1.58. The number of carbonyl (C=O) groups excluding carboxylic acids is 2. The van der Waals surface area contributed by atoms with Crippen molar-refractivity contribution in [3.63, 3.8) is 0 Å². The van der Waals surface area contributed by atoms with E-state index >= 15 is 0 Å². The van der Waals surface area contributed by atoms with Gasteiger partial charge in [-0.05, 0) is 46.7 Å². The number of rotatable bonds is 9. The monoisotopic (exact) mass is 482 g/mol. The second-order valence-corrected chi connectivity index (χ2v) is 8.61. The highest BCUT2D eigenvalue weighted by Crippen LogP contribution is 2.37. The van der Waals surface area contributed by atoms with Crippen molar-refractivity contribution in [1.29, 1.82) is 0 Å². The minimum Gasteiger partial charge on any atom is -0.482 e. The van der Waals surface area contributed by atoms with Crippen molar-refractivity contribution >= 4 is 28.3 Å². The van der Waals surface area contributed by atoms with Crippen molar-refractivity contribution in [3.8, 4) is 11.5 Å². The molecule has 0 aliphatic rings. The number of fused-ring (bicyclic) bond motifs is 1. The van der Waals surface area contributed by atoms with E-state index in [-0.39, 0.29) is 12.5 Å². The third-order valence-corrected chi connectivity index (χ3v) is 5.91. The number of amides is 1. The molecular weight excluding hydrogens is 452 g/mol. The normalized spacial score (nSPS) is 11.5. The zero-order valence-corrected chi connectivity index (χ0v) is 20.7. The van der Waals surface area contributed by atoms with Crippen LogP contribution in [-0.2, 0) is 9.59 Å². The first-order chi connectivity index (χ1) is 17.5. The van der Waals surface area contributed by atoms with Gasteiger partial charge in [0.1, 0.15) is 11.5 Å². The summed E-state index contributed by atoms with van der Waals surface area (Å²) in [6.07, 6.45) is 0.330. The Morgan fingerprint density at radius 2 is 1.56 bits per heavy atom. The number of anilines is 1. The topological polar surface area (TPSA) is 67.9 Å². The van der Waals surface area contributed by atoms with Crippen LogP contribution >= 0.6 is 0 Å². The van der Waals surface area contributed by atoms with E-state index in [1.807, 2.05) is 98.7 Å². The predicted octanol–water partition coefficient (Wildman–Crippen LogP) is 5.51. The van der Waals surface area contributed by atoms with Gasteiger partial charge in [-0.3, -0.25) is 4.79 Å². The van der Waals surface area contributed by atoms with Crippen molar-refractivity contribution in [2.24, 2.45) is 0 Å². The summed E-state index contributed by atoms with van der Waals surface area (Å²) in [5.41, 5.74) is 2.65. The molecule has 0 heterocycles. The molecule has 36 heavy (non-hydrogen) atoms. The van der Waals surface area contributed by atoms with Gasteiger partial charge in [-0.25, -0.2) is 4.79 Å². The fourth-order valence-electron chi connectivity index (χ4n) is 4.02. The number of esters is 1. The second kappa shape index (κ2) is 11.4. The zero-order valence-electron chi connectivity index (χ0n) is 20.7. The van der Waals surface area contributed by atoms with Crippen molar-refractivity contribution in [1.82, 2.24) is 5.32 Å². The van der Waals surface area contributed by atoms with Gasteiger partial charge in [-0.1, -0.05) is 67.6 Å². The van der Waals surface area contributed by atoms with E-state index in [0.717, 1.165) is 27.6 Å². The van der Waals surface area contributed by atoms with E-state index in [4.69, 9.17) is 9.47 Å². The Morgan fingerprint density at radius 3 is 2.25 bits per heavy atom. The molecular formula is C30H30N2O4. The lowest BCUT2D eigenvalue weighted by Crippen LogP contribution is -2.29. The summed E-state index contributed by atoms with van der Waals surface area (Å²) >= 11 is 0. The smallest absolute Gasteiger partial charge is 0.349 e. The van der Waals surface area contributed by atoms with Gasteiger partial charge in [0.25, 0.3) is 0 Å². The summed E-state index contributed by atoms with van der Waals surface area (Å²) in [6, 6.07) is 28.1. The summed E-state index contributed by atoms with van der Waals surface area (Å²) in [5, 5.41) is 5.01. The van der Waals surface area contributed by atoms with Crippen LogP contribution in [-0.4, -0.2) is 32.6 Å². The molecule has 4 rings (SSSR count). The van der Waals surface area contributed by atoms with Crippen LogP contribution in [0, 0.1) is 0 Å². The summed E-state index contributed by atoms with van der Waals surface area (Å²) < 4.78 is 11.4. The van der Waals surface area contributed by atoms with Gasteiger partial charge in [0.2, 0.25) is 5.91 Å². The minimum atomic E-state index is -0.529. The van der Waals surface area contributed by atoms with E-state index in [1.54, 1.807) is 18.2 Å². The van der Waals surface area contributed by atoms with Gasteiger partial charge >= 0.3 is 5.97 Å². The molecule has 0 bridgehead atoms. The molecule has 6 heteroatoms. The van der Waals surface area contributed by atoms with Crippen LogP contribution in [0.25, 0.3) is 10.8 Å². The fraction of sp³-hybridized carbons (Fsp3) is 0.200. The molecule has 6 nitrogen and oxygen atoms in total. The number of benzene rings is 4. The Kier molecular flexibility index (Phi) is 7.85. The lowest BCUT2D eigenvalue weighted by atomic mass is 9.92. The summed E-state index contributed by atoms with van der Waals surface area (Å²) in [7, 11) is 3.95. The second-order valence-electron chi connectivity index (χ2n) is 8.61. The standard InChI is InChI=1S/C30H30N2O4/c1-4-27(33)31-30(22-14-17-23(18-15-22)32(2)3)29-25-13-9-8-10-21(25)16-19-26(29)36-28(34)20-35-24-11-6-5-7-12-24/h5-19,30H,4,20H2,1-3H3,(H,31,33). The molecule has 0 aromatic heterocycles. The third kappa shape index (κ3) is 5.84. The van der Waals surface area contributed by atoms with Crippen LogP contribution in [0.5, 0.6) is 11.5 Å². The summed E-state index contributed by atoms with van der Waals surface area (Å²) in [5.74, 6) is 0.337. The molecule has 0 radical (unpaired) electrons. The van der Waals surface area contributed by atoms with Gasteiger partial charge in [-0.2, -0.15) is 0 Å². The van der Waals surface area contributed by atoms with E-state index in [2.05, 4.69) is 5.32 Å². The molecule has 0 spiro atoms. The molecule has 1 unspecified atom stereocenters. The number of hydrogen-bond acceptors (Lipinski definition) is 5. The summed E-state index contributed by atoms with van der Waals surface area (Å²) in [4.78, 5) is 27.4. The average molecular weight is 483 g/mol. The van der Waals surface area contributed by atoms with Crippen molar-refractivity contribution < 1.29 is 19.1 Å². The van der Waals surface area contributed by atoms with Crippen LogP contribution < -0.4 is 19.7 Å². The lowest BCUT2D eigenvalue weighted by Gasteiger charge is -2.24. The van der Waals surface area contributed by atoms with Crippen molar-refractivity contribution in [3.05, 3.63) is 102 Å². The van der Waals surface area contributed by atoms with Crippen molar-refractivity contribution in [2.75, 3.05) is 25.6 Å². The largest absolute Gasteiger partial charge is 0.482 e. The Bertz CT molecular complexity index is 1330. The Balaban J connectivity index is 1.74. The average Bonchev–Trinajstić information content (AvgIpc) is 2.91. The van der Waals surface area contributed by atoms with Gasteiger partial charge in [0.05, 0.1) is 6.04 Å². The van der Waals surface area contributed by atoms with E-state index in [0.29, 0.717) is 17.9 Å². The fourth-order valence-corrected chi connectivity index (χ4v) is 4.02. The molecule has 0 saturated heterocycles. The van der Waals surface area contributed by atoms with E-state index < -0.39 is 12.0 Å².